The number of likely N-dealkylation sites (N-methyl/N-ethyl adjacent to an activating group) is 1. The molecule has 1 saturated heterocycles. The van der Waals surface area contributed by atoms with E-state index in [0.717, 1.165) is 32.4 Å². The lowest BCUT2D eigenvalue weighted by Crippen LogP contribution is -2.38. The maximum Gasteiger partial charge on any atom is 0.341 e. The van der Waals surface area contributed by atoms with Crippen molar-refractivity contribution in [2.24, 2.45) is 11.8 Å². The minimum Gasteiger partial charge on any atom is -0.477 e. The number of hydrogen-bond donors (Lipinski definition) is 2. The molecule has 2 fully saturated rings. The summed E-state index contributed by atoms with van der Waals surface area (Å²) in [6.07, 6.45) is 10.4. The Balaban J connectivity index is 1.61. The molecule has 8 heteroatoms. The third-order valence-corrected chi connectivity index (χ3v) is 6.88. The summed E-state index contributed by atoms with van der Waals surface area (Å²) in [5.41, 5.74) is -0.155. The fraction of sp³-hybridized carbons (Fsp3) is 0.476. The summed E-state index contributed by atoms with van der Waals surface area (Å²) in [7, 11) is 1.98. The van der Waals surface area contributed by atoms with Crippen LogP contribution in [0.5, 0.6) is 0 Å². The lowest BCUT2D eigenvalue weighted by molar-refractivity contribution is 0.0695. The van der Waals surface area contributed by atoms with Crippen molar-refractivity contribution < 1.29 is 9.90 Å². The van der Waals surface area contributed by atoms with E-state index in [4.69, 9.17) is 11.6 Å². The predicted octanol–water partition coefficient (Wildman–Crippen LogP) is 2.68. The Hall–Kier alpha value is -2.38. The minimum absolute atomic E-state index is 0.183. The topological polar surface area (TPSA) is 87.5 Å². The van der Waals surface area contributed by atoms with Crippen LogP contribution in [-0.2, 0) is 0 Å². The Morgan fingerprint density at radius 3 is 2.83 bits per heavy atom. The highest BCUT2D eigenvalue weighted by Gasteiger charge is 2.39. The number of pyridine rings is 2. The van der Waals surface area contributed by atoms with E-state index in [1.54, 1.807) is 0 Å². The summed E-state index contributed by atoms with van der Waals surface area (Å²) in [4.78, 5) is 31.0. The van der Waals surface area contributed by atoms with Crippen LogP contribution in [-0.4, -0.2) is 46.8 Å². The van der Waals surface area contributed by atoms with E-state index in [9.17, 15) is 14.7 Å². The first-order chi connectivity index (χ1) is 14.0. The molecule has 2 aliphatic carbocycles. The molecule has 2 aromatic heterocycles. The van der Waals surface area contributed by atoms with E-state index >= 15 is 0 Å². The molecule has 0 bridgehead atoms. The van der Waals surface area contributed by atoms with Crippen LogP contribution in [0.3, 0.4) is 0 Å². The van der Waals surface area contributed by atoms with Crippen LogP contribution < -0.4 is 15.6 Å². The highest BCUT2D eigenvalue weighted by molar-refractivity contribution is 6.37. The summed E-state index contributed by atoms with van der Waals surface area (Å²) in [6.45, 7) is 1.71. The molecular formula is C21H23ClN4O3. The van der Waals surface area contributed by atoms with Gasteiger partial charge in [-0.2, -0.15) is 0 Å². The number of anilines is 1. The molecule has 29 heavy (non-hydrogen) atoms. The molecule has 3 atom stereocenters. The molecule has 0 aromatic carbocycles. The summed E-state index contributed by atoms with van der Waals surface area (Å²) >= 11 is 6.83. The second-order valence-electron chi connectivity index (χ2n) is 8.28. The Morgan fingerprint density at radius 2 is 2.14 bits per heavy atom. The van der Waals surface area contributed by atoms with E-state index in [-0.39, 0.29) is 17.0 Å². The van der Waals surface area contributed by atoms with E-state index in [1.165, 1.54) is 12.4 Å². The van der Waals surface area contributed by atoms with E-state index in [0.29, 0.717) is 34.2 Å². The maximum atomic E-state index is 12.7. The fourth-order valence-electron chi connectivity index (χ4n) is 4.89. The van der Waals surface area contributed by atoms with Gasteiger partial charge in [-0.1, -0.05) is 23.8 Å². The molecule has 1 aliphatic heterocycles. The number of aromatic carboxylic acids is 1. The summed E-state index contributed by atoms with van der Waals surface area (Å²) in [5.74, 6) is 0.477. The molecule has 0 unspecified atom stereocenters. The van der Waals surface area contributed by atoms with Crippen LogP contribution in [0.4, 0.5) is 5.82 Å². The normalized spacial score (nSPS) is 26.1. The van der Waals surface area contributed by atoms with Gasteiger partial charge in [-0.3, -0.25) is 4.79 Å². The number of nitrogens with one attached hydrogen (secondary N) is 1. The smallest absolute Gasteiger partial charge is 0.341 e. The molecule has 1 saturated carbocycles. The monoisotopic (exact) mass is 414 g/mol. The van der Waals surface area contributed by atoms with Crippen LogP contribution in [0, 0.1) is 11.8 Å². The number of nitrogens with zero attached hydrogens (tertiary/aromatic N) is 3. The van der Waals surface area contributed by atoms with Gasteiger partial charge < -0.3 is 19.9 Å². The third-order valence-electron chi connectivity index (χ3n) is 6.53. The molecule has 0 radical (unpaired) electrons. The van der Waals surface area contributed by atoms with E-state index in [2.05, 4.69) is 27.4 Å². The minimum atomic E-state index is -1.22. The van der Waals surface area contributed by atoms with Gasteiger partial charge in [0.15, 0.2) is 0 Å². The Labute approximate surface area is 173 Å². The molecule has 2 N–H and O–H groups in total. The number of rotatable bonds is 4. The fourth-order valence-corrected chi connectivity index (χ4v) is 5.25. The number of hydrogen-bond acceptors (Lipinski definition) is 5. The highest BCUT2D eigenvalue weighted by atomic mass is 35.5. The van der Waals surface area contributed by atoms with Crippen molar-refractivity contribution in [2.75, 3.05) is 25.0 Å². The van der Waals surface area contributed by atoms with Crippen molar-refractivity contribution in [1.29, 1.82) is 0 Å². The van der Waals surface area contributed by atoms with Gasteiger partial charge in [-0.25, -0.2) is 9.78 Å². The molecule has 152 valence electrons. The molecule has 0 amide bonds. The second-order valence-corrected chi connectivity index (χ2v) is 8.66. The lowest BCUT2D eigenvalue weighted by Gasteiger charge is -2.28. The van der Waals surface area contributed by atoms with Crippen LogP contribution in [0.25, 0.3) is 10.9 Å². The van der Waals surface area contributed by atoms with Gasteiger partial charge in [0.05, 0.1) is 10.9 Å². The zero-order chi connectivity index (χ0) is 20.3. The number of aromatic nitrogens is 2. The van der Waals surface area contributed by atoms with Crippen molar-refractivity contribution in [3.8, 4) is 0 Å². The van der Waals surface area contributed by atoms with Gasteiger partial charge >= 0.3 is 5.97 Å². The molecule has 7 nitrogen and oxygen atoms in total. The van der Waals surface area contributed by atoms with Crippen LogP contribution in [0.1, 0.15) is 35.7 Å². The lowest BCUT2D eigenvalue weighted by atomic mass is 9.82. The second kappa shape index (κ2) is 6.85. The zero-order valence-electron chi connectivity index (χ0n) is 16.1. The number of halogens is 1. The maximum absolute atomic E-state index is 12.7. The first kappa shape index (κ1) is 18.6. The van der Waals surface area contributed by atoms with Crippen LogP contribution in [0.15, 0.2) is 29.3 Å². The van der Waals surface area contributed by atoms with E-state index < -0.39 is 11.4 Å². The van der Waals surface area contributed by atoms with Gasteiger partial charge in [-0.15, -0.1) is 0 Å². The molecular weight excluding hydrogens is 392 g/mol. The van der Waals surface area contributed by atoms with Crippen molar-refractivity contribution in [2.45, 2.75) is 31.3 Å². The zero-order valence-corrected chi connectivity index (χ0v) is 16.9. The number of fused-ring (bicyclic) bond motifs is 2. The molecule has 5 rings (SSSR count). The average Bonchev–Trinajstić information content (AvgIpc) is 3.46. The van der Waals surface area contributed by atoms with Crippen molar-refractivity contribution in [1.82, 2.24) is 14.9 Å². The van der Waals surface area contributed by atoms with Crippen molar-refractivity contribution in [3.05, 3.63) is 45.4 Å². The van der Waals surface area contributed by atoms with Gasteiger partial charge in [0.25, 0.3) is 0 Å². The Morgan fingerprint density at radius 1 is 1.34 bits per heavy atom. The molecule has 3 heterocycles. The van der Waals surface area contributed by atoms with Crippen LogP contribution in [0.2, 0.25) is 5.02 Å². The quantitative estimate of drug-likeness (QED) is 0.748. The number of carboxylic acid groups (broad SMARTS) is 1. The first-order valence-electron chi connectivity index (χ1n) is 10.0. The van der Waals surface area contributed by atoms with Gasteiger partial charge in [0.2, 0.25) is 5.43 Å². The standard InChI is InChI=1S/C21H23ClN4O3/c1-23-16-4-2-3-11-8-25(9-14(11)16)20-17(22)18-13(7-24-20)19(27)15(21(28)29)10-26(18)12-5-6-12/h2,4,7,10-12,14,16,23H,3,5-6,8-9H2,1H3,(H,28,29)/t11-,14+,16-/m0/s1. The van der Waals surface area contributed by atoms with E-state index in [1.807, 2.05) is 11.6 Å². The highest BCUT2D eigenvalue weighted by Crippen LogP contribution is 2.42. The van der Waals surface area contributed by atoms with Crippen molar-refractivity contribution >= 4 is 34.3 Å². The predicted molar refractivity (Wildman–Crippen MR) is 112 cm³/mol. The number of allylic oxidation sites excluding steroid dienone is 1. The largest absolute Gasteiger partial charge is 0.477 e. The molecule has 2 aromatic rings. The Kier molecular flexibility index (Phi) is 4.40. The van der Waals surface area contributed by atoms with Gasteiger partial charge in [0.1, 0.15) is 16.4 Å². The van der Waals surface area contributed by atoms with Crippen LogP contribution >= 0.6 is 11.6 Å². The average molecular weight is 415 g/mol. The number of carboxylic acids is 1. The third kappa shape index (κ3) is 2.95. The summed E-state index contributed by atoms with van der Waals surface area (Å²) < 4.78 is 1.87. The van der Waals surface area contributed by atoms with Crippen molar-refractivity contribution in [3.63, 3.8) is 0 Å². The first-order valence-corrected chi connectivity index (χ1v) is 10.4. The van der Waals surface area contributed by atoms with Gasteiger partial charge in [0, 0.05) is 43.5 Å². The molecule has 3 aliphatic rings. The molecule has 0 spiro atoms. The van der Waals surface area contributed by atoms with Gasteiger partial charge in [-0.05, 0) is 32.2 Å². The number of carbonyl (C=O) groups is 1. The SMILES string of the molecule is CN[C@H]1C=CC[C@H]2CN(c3ncc4c(=O)c(C(=O)O)cn(C5CC5)c4c3Cl)C[C@H]21. The summed E-state index contributed by atoms with van der Waals surface area (Å²) in [6, 6.07) is 0.517. The summed E-state index contributed by atoms with van der Waals surface area (Å²) in [5, 5.41) is 13.5. The Bertz CT molecular complexity index is 1090.